The van der Waals surface area contributed by atoms with Crippen LogP contribution in [0, 0.1) is 0 Å². The highest BCUT2D eigenvalue weighted by molar-refractivity contribution is 5.44. The van der Waals surface area contributed by atoms with Crippen molar-refractivity contribution >= 4 is 0 Å². The Hall–Kier alpha value is -1.64. The van der Waals surface area contributed by atoms with Gasteiger partial charge in [0.1, 0.15) is 11.7 Å². The Kier molecular flexibility index (Phi) is 3.74. The first-order valence-corrected chi connectivity index (χ1v) is 8.71. The molecule has 4 rings (SSSR count). The fourth-order valence-corrected chi connectivity index (χ4v) is 4.58. The SMILES string of the molecule is CN(C)C1CCCC[C@@]12O[C@H](c1ccccc1)c1ccccc12. The number of hydrogen-bond acceptors (Lipinski definition) is 2. The van der Waals surface area contributed by atoms with Gasteiger partial charge in [0, 0.05) is 6.04 Å². The lowest BCUT2D eigenvalue weighted by atomic mass is 9.75. The lowest BCUT2D eigenvalue weighted by Gasteiger charge is -2.45. The van der Waals surface area contributed by atoms with Gasteiger partial charge < -0.3 is 9.64 Å². The number of likely N-dealkylation sites (N-methyl/N-ethyl adjacent to an activating group) is 1. The Labute approximate surface area is 139 Å². The molecule has 1 heterocycles. The molecule has 120 valence electrons. The van der Waals surface area contributed by atoms with Crippen molar-refractivity contribution < 1.29 is 4.74 Å². The zero-order valence-corrected chi connectivity index (χ0v) is 14.0. The molecule has 0 radical (unpaired) electrons. The van der Waals surface area contributed by atoms with Crippen molar-refractivity contribution in [3.05, 3.63) is 71.3 Å². The Balaban J connectivity index is 1.84. The minimum absolute atomic E-state index is 0.0629. The molecule has 1 aliphatic carbocycles. The van der Waals surface area contributed by atoms with Gasteiger partial charge >= 0.3 is 0 Å². The van der Waals surface area contributed by atoms with E-state index in [2.05, 4.69) is 73.6 Å². The molecule has 2 aromatic carbocycles. The van der Waals surface area contributed by atoms with Gasteiger partial charge in [0.25, 0.3) is 0 Å². The summed E-state index contributed by atoms with van der Waals surface area (Å²) in [4.78, 5) is 2.36. The summed E-state index contributed by atoms with van der Waals surface area (Å²) < 4.78 is 6.88. The monoisotopic (exact) mass is 307 g/mol. The molecule has 0 bridgehead atoms. The van der Waals surface area contributed by atoms with Crippen LogP contribution < -0.4 is 0 Å². The highest BCUT2D eigenvalue weighted by Gasteiger charge is 2.51. The van der Waals surface area contributed by atoms with Crippen LogP contribution in [0.5, 0.6) is 0 Å². The van der Waals surface area contributed by atoms with Crippen molar-refractivity contribution in [3.8, 4) is 0 Å². The van der Waals surface area contributed by atoms with E-state index >= 15 is 0 Å². The normalized spacial score (nSPS) is 29.9. The van der Waals surface area contributed by atoms with Gasteiger partial charge in [-0.3, -0.25) is 0 Å². The smallest absolute Gasteiger partial charge is 0.110 e. The summed E-state index contributed by atoms with van der Waals surface area (Å²) in [5, 5.41) is 0. The van der Waals surface area contributed by atoms with E-state index in [1.165, 1.54) is 36.0 Å². The zero-order valence-electron chi connectivity index (χ0n) is 14.0. The Morgan fingerprint density at radius 2 is 1.70 bits per heavy atom. The van der Waals surface area contributed by atoms with Crippen LogP contribution in [0.15, 0.2) is 54.6 Å². The van der Waals surface area contributed by atoms with Gasteiger partial charge in [-0.05, 0) is 43.6 Å². The largest absolute Gasteiger partial charge is 0.356 e. The second-order valence-electron chi connectivity index (χ2n) is 7.11. The summed E-state index contributed by atoms with van der Waals surface area (Å²) >= 11 is 0. The van der Waals surface area contributed by atoms with Gasteiger partial charge in [-0.15, -0.1) is 0 Å². The molecule has 3 atom stereocenters. The molecule has 1 spiro atoms. The summed E-state index contributed by atoms with van der Waals surface area (Å²) in [6.07, 6.45) is 4.94. The first-order valence-electron chi connectivity index (χ1n) is 8.71. The van der Waals surface area contributed by atoms with Gasteiger partial charge in [-0.25, -0.2) is 0 Å². The average molecular weight is 307 g/mol. The summed E-state index contributed by atoms with van der Waals surface area (Å²) in [6.45, 7) is 0. The molecule has 0 N–H and O–H groups in total. The lowest BCUT2D eigenvalue weighted by molar-refractivity contribution is -0.126. The van der Waals surface area contributed by atoms with Crippen molar-refractivity contribution in [2.75, 3.05) is 14.1 Å². The Bertz CT molecular complexity index is 681. The minimum atomic E-state index is -0.154. The number of fused-ring (bicyclic) bond motifs is 2. The maximum absolute atomic E-state index is 6.88. The first-order chi connectivity index (χ1) is 11.2. The first kappa shape index (κ1) is 14.9. The van der Waals surface area contributed by atoms with Crippen LogP contribution in [0.4, 0.5) is 0 Å². The fourth-order valence-electron chi connectivity index (χ4n) is 4.58. The molecular formula is C21H25NO. The van der Waals surface area contributed by atoms with Crippen LogP contribution in [0.1, 0.15) is 48.5 Å². The molecule has 23 heavy (non-hydrogen) atoms. The topological polar surface area (TPSA) is 12.5 Å². The molecule has 2 heteroatoms. The van der Waals surface area contributed by atoms with Crippen LogP contribution in [-0.4, -0.2) is 25.0 Å². The summed E-state index contributed by atoms with van der Waals surface area (Å²) in [5.41, 5.74) is 3.87. The highest BCUT2D eigenvalue weighted by Crippen LogP contribution is 2.53. The molecule has 0 aromatic heterocycles. The van der Waals surface area contributed by atoms with E-state index < -0.39 is 0 Å². The third-order valence-electron chi connectivity index (χ3n) is 5.57. The standard InChI is InChI=1S/C21H25NO/c1-22(2)19-14-8-9-15-21(19)18-13-7-6-12-17(18)20(23-21)16-10-4-3-5-11-16/h3-7,10-13,19-20H,8-9,14-15H2,1-2H3/t19?,20-,21+/m1/s1. The lowest BCUT2D eigenvalue weighted by Crippen LogP contribution is -2.50. The average Bonchev–Trinajstić information content (AvgIpc) is 2.91. The molecule has 0 amide bonds. The second-order valence-corrected chi connectivity index (χ2v) is 7.11. The van der Waals surface area contributed by atoms with Crippen LogP contribution in [0.25, 0.3) is 0 Å². The zero-order chi connectivity index (χ0) is 15.9. The number of benzene rings is 2. The molecule has 1 saturated carbocycles. The number of nitrogens with zero attached hydrogens (tertiary/aromatic N) is 1. The van der Waals surface area contributed by atoms with E-state index in [4.69, 9.17) is 4.74 Å². The van der Waals surface area contributed by atoms with E-state index in [9.17, 15) is 0 Å². The van der Waals surface area contributed by atoms with Gasteiger partial charge in [0.15, 0.2) is 0 Å². The molecule has 0 saturated heterocycles. The van der Waals surface area contributed by atoms with E-state index in [0.717, 1.165) is 6.42 Å². The number of ether oxygens (including phenoxy) is 1. The van der Waals surface area contributed by atoms with Crippen LogP contribution in [0.3, 0.4) is 0 Å². The third-order valence-corrected chi connectivity index (χ3v) is 5.57. The van der Waals surface area contributed by atoms with Crippen LogP contribution in [-0.2, 0) is 10.3 Å². The summed E-state index contributed by atoms with van der Waals surface area (Å²) in [7, 11) is 4.39. The van der Waals surface area contributed by atoms with Crippen molar-refractivity contribution in [1.29, 1.82) is 0 Å². The maximum Gasteiger partial charge on any atom is 0.110 e. The Morgan fingerprint density at radius 1 is 0.957 bits per heavy atom. The predicted molar refractivity (Wildman–Crippen MR) is 93.4 cm³/mol. The molecule has 1 aliphatic heterocycles. The van der Waals surface area contributed by atoms with Crippen LogP contribution >= 0.6 is 0 Å². The van der Waals surface area contributed by atoms with Crippen molar-refractivity contribution in [1.82, 2.24) is 4.90 Å². The van der Waals surface area contributed by atoms with Crippen LogP contribution in [0.2, 0.25) is 0 Å². The van der Waals surface area contributed by atoms with Gasteiger partial charge in [-0.1, -0.05) is 67.4 Å². The van der Waals surface area contributed by atoms with Gasteiger partial charge in [-0.2, -0.15) is 0 Å². The molecule has 1 fully saturated rings. The van der Waals surface area contributed by atoms with E-state index in [1.54, 1.807) is 0 Å². The van der Waals surface area contributed by atoms with Gasteiger partial charge in [0.05, 0.1) is 0 Å². The molecule has 2 aliphatic rings. The summed E-state index contributed by atoms with van der Waals surface area (Å²) in [5.74, 6) is 0. The quantitative estimate of drug-likeness (QED) is 0.809. The highest BCUT2D eigenvalue weighted by atomic mass is 16.5. The second kappa shape index (κ2) is 5.77. The molecule has 2 aromatic rings. The molecule has 1 unspecified atom stereocenters. The molecule has 2 nitrogen and oxygen atoms in total. The number of hydrogen-bond donors (Lipinski definition) is 0. The van der Waals surface area contributed by atoms with Gasteiger partial charge in [0.2, 0.25) is 0 Å². The van der Waals surface area contributed by atoms with Crippen molar-refractivity contribution in [2.45, 2.75) is 43.4 Å². The van der Waals surface area contributed by atoms with E-state index in [-0.39, 0.29) is 11.7 Å². The fraction of sp³-hybridized carbons (Fsp3) is 0.429. The maximum atomic E-state index is 6.88. The van der Waals surface area contributed by atoms with Crippen molar-refractivity contribution in [3.63, 3.8) is 0 Å². The van der Waals surface area contributed by atoms with E-state index in [1.807, 2.05) is 0 Å². The minimum Gasteiger partial charge on any atom is -0.356 e. The summed E-state index contributed by atoms with van der Waals surface area (Å²) in [6, 6.07) is 20.0. The third kappa shape index (κ3) is 2.32. The van der Waals surface area contributed by atoms with Crippen molar-refractivity contribution in [2.24, 2.45) is 0 Å². The molecular weight excluding hydrogens is 282 g/mol. The number of rotatable bonds is 2. The van der Waals surface area contributed by atoms with E-state index in [0.29, 0.717) is 6.04 Å². The predicted octanol–water partition coefficient (Wildman–Crippen LogP) is 4.51. The Morgan fingerprint density at radius 3 is 2.48 bits per heavy atom.